The fourth-order valence-corrected chi connectivity index (χ4v) is 4.14. The van der Waals surface area contributed by atoms with E-state index in [-0.39, 0.29) is 17.5 Å². The second-order valence-electron chi connectivity index (χ2n) is 7.89. The third kappa shape index (κ3) is 4.89. The summed E-state index contributed by atoms with van der Waals surface area (Å²) in [7, 11) is 0. The van der Waals surface area contributed by atoms with Gasteiger partial charge in [0.05, 0.1) is 0 Å². The van der Waals surface area contributed by atoms with Crippen LogP contribution in [-0.2, 0) is 4.79 Å². The normalized spacial score (nSPS) is 12.4. The SMILES string of the molecule is Cc1ccc(N(C(=O)c2csnn2)C(C(=O)NC(C)(C)C)c2cccs2)cc1C. The molecule has 0 spiro atoms. The van der Waals surface area contributed by atoms with Crippen LogP contribution in [0.25, 0.3) is 0 Å². The van der Waals surface area contributed by atoms with Crippen LogP contribution in [-0.4, -0.2) is 26.9 Å². The van der Waals surface area contributed by atoms with E-state index in [1.807, 2.05) is 70.3 Å². The molecule has 0 aliphatic carbocycles. The minimum atomic E-state index is -0.814. The lowest BCUT2D eigenvalue weighted by molar-refractivity contribution is -0.123. The number of nitrogens with zero attached hydrogens (tertiary/aromatic N) is 3. The summed E-state index contributed by atoms with van der Waals surface area (Å²) in [5, 5.41) is 10.5. The Morgan fingerprint density at radius 3 is 2.45 bits per heavy atom. The van der Waals surface area contributed by atoms with Crippen molar-refractivity contribution >= 4 is 40.4 Å². The second-order valence-corrected chi connectivity index (χ2v) is 9.48. The Kier molecular flexibility index (Phi) is 6.14. The van der Waals surface area contributed by atoms with E-state index in [2.05, 4.69) is 14.9 Å². The van der Waals surface area contributed by atoms with Gasteiger partial charge in [-0.2, -0.15) is 0 Å². The number of anilines is 1. The number of thiophene rings is 1. The van der Waals surface area contributed by atoms with E-state index in [0.717, 1.165) is 27.5 Å². The average molecular weight is 429 g/mol. The number of aromatic nitrogens is 2. The van der Waals surface area contributed by atoms with E-state index in [4.69, 9.17) is 0 Å². The third-order valence-electron chi connectivity index (χ3n) is 4.38. The number of hydrogen-bond acceptors (Lipinski definition) is 6. The van der Waals surface area contributed by atoms with Crippen LogP contribution < -0.4 is 10.2 Å². The Bertz CT molecular complexity index is 992. The van der Waals surface area contributed by atoms with E-state index in [1.165, 1.54) is 16.2 Å². The first kappa shape index (κ1) is 21.1. The molecule has 0 fully saturated rings. The molecule has 2 aromatic heterocycles. The Hall–Kier alpha value is -2.58. The molecule has 1 atom stereocenters. The first-order valence-electron chi connectivity index (χ1n) is 9.20. The van der Waals surface area contributed by atoms with Crippen molar-refractivity contribution in [3.05, 3.63) is 62.8 Å². The lowest BCUT2D eigenvalue weighted by Crippen LogP contribution is -2.49. The zero-order valence-corrected chi connectivity index (χ0v) is 18.7. The molecule has 8 heteroatoms. The second kappa shape index (κ2) is 8.42. The first-order chi connectivity index (χ1) is 13.7. The van der Waals surface area contributed by atoms with Crippen LogP contribution >= 0.6 is 22.9 Å². The molecular formula is C21H24N4O2S2. The molecule has 0 radical (unpaired) electrons. The maximum atomic E-state index is 13.5. The topological polar surface area (TPSA) is 75.2 Å². The maximum absolute atomic E-state index is 13.5. The van der Waals surface area contributed by atoms with Gasteiger partial charge in [0, 0.05) is 21.5 Å². The molecule has 6 nitrogen and oxygen atoms in total. The number of hydrogen-bond donors (Lipinski definition) is 1. The Morgan fingerprint density at radius 1 is 1.14 bits per heavy atom. The van der Waals surface area contributed by atoms with Crippen LogP contribution in [0.3, 0.4) is 0 Å². The molecule has 3 rings (SSSR count). The van der Waals surface area contributed by atoms with E-state index in [9.17, 15) is 9.59 Å². The van der Waals surface area contributed by atoms with Gasteiger partial charge in [0.25, 0.3) is 5.91 Å². The van der Waals surface area contributed by atoms with Crippen LogP contribution in [0.2, 0.25) is 0 Å². The van der Waals surface area contributed by atoms with Crippen molar-refractivity contribution < 1.29 is 9.59 Å². The molecule has 0 saturated carbocycles. The van der Waals surface area contributed by atoms with Crippen LogP contribution in [0.5, 0.6) is 0 Å². The van der Waals surface area contributed by atoms with Gasteiger partial charge in [-0.3, -0.25) is 14.5 Å². The molecule has 152 valence electrons. The summed E-state index contributed by atoms with van der Waals surface area (Å²) >= 11 is 2.55. The van der Waals surface area contributed by atoms with Gasteiger partial charge in [0.15, 0.2) is 11.7 Å². The fraction of sp³-hybridized carbons (Fsp3) is 0.333. The molecule has 1 N–H and O–H groups in total. The number of benzene rings is 1. The standard InChI is InChI=1S/C21H24N4O2S2/c1-13-8-9-15(11-14(13)2)25(20(27)16-12-29-24-23-16)18(17-7-6-10-28-17)19(26)22-21(3,4)5/h6-12,18H,1-5H3,(H,22,26). The summed E-state index contributed by atoms with van der Waals surface area (Å²) in [6.07, 6.45) is 0. The highest BCUT2D eigenvalue weighted by Crippen LogP contribution is 2.33. The van der Waals surface area contributed by atoms with Crippen LogP contribution in [0.1, 0.15) is 53.3 Å². The van der Waals surface area contributed by atoms with Gasteiger partial charge < -0.3 is 5.32 Å². The van der Waals surface area contributed by atoms with E-state index < -0.39 is 11.6 Å². The highest BCUT2D eigenvalue weighted by Gasteiger charge is 2.36. The smallest absolute Gasteiger partial charge is 0.280 e. The minimum absolute atomic E-state index is 0.221. The molecule has 3 aromatic rings. The molecular weight excluding hydrogens is 404 g/mol. The summed E-state index contributed by atoms with van der Waals surface area (Å²) in [6.45, 7) is 9.76. The summed E-state index contributed by atoms with van der Waals surface area (Å²) in [4.78, 5) is 29.1. The lowest BCUT2D eigenvalue weighted by Gasteiger charge is -2.32. The Balaban J connectivity index is 2.15. The van der Waals surface area contributed by atoms with Crippen molar-refractivity contribution in [2.24, 2.45) is 0 Å². The highest BCUT2D eigenvalue weighted by molar-refractivity contribution is 7.10. The van der Waals surface area contributed by atoms with Crippen molar-refractivity contribution in [3.8, 4) is 0 Å². The van der Waals surface area contributed by atoms with Gasteiger partial charge in [-0.05, 0) is 80.9 Å². The lowest BCUT2D eigenvalue weighted by atomic mass is 10.0. The van der Waals surface area contributed by atoms with Crippen molar-refractivity contribution in [1.29, 1.82) is 0 Å². The zero-order chi connectivity index (χ0) is 21.2. The highest BCUT2D eigenvalue weighted by atomic mass is 32.1. The van der Waals surface area contributed by atoms with Gasteiger partial charge in [0.1, 0.15) is 0 Å². The molecule has 0 aliphatic heterocycles. The van der Waals surface area contributed by atoms with Crippen LogP contribution in [0.4, 0.5) is 5.69 Å². The van der Waals surface area contributed by atoms with Crippen LogP contribution in [0.15, 0.2) is 41.1 Å². The van der Waals surface area contributed by atoms with Gasteiger partial charge in [-0.25, -0.2) is 0 Å². The Morgan fingerprint density at radius 2 is 1.90 bits per heavy atom. The molecule has 1 aromatic carbocycles. The molecule has 2 heterocycles. The monoisotopic (exact) mass is 428 g/mol. The predicted molar refractivity (Wildman–Crippen MR) is 118 cm³/mol. The van der Waals surface area contributed by atoms with E-state index in [0.29, 0.717) is 5.69 Å². The van der Waals surface area contributed by atoms with Crippen LogP contribution in [0, 0.1) is 13.8 Å². The summed E-state index contributed by atoms with van der Waals surface area (Å²) in [5.41, 5.74) is 2.58. The van der Waals surface area contributed by atoms with Crippen molar-refractivity contribution in [2.75, 3.05) is 4.90 Å². The van der Waals surface area contributed by atoms with Crippen molar-refractivity contribution in [3.63, 3.8) is 0 Å². The third-order valence-corrected chi connectivity index (χ3v) is 5.81. The number of amides is 2. The van der Waals surface area contributed by atoms with E-state index in [1.54, 1.807) is 5.38 Å². The summed E-state index contributed by atoms with van der Waals surface area (Å²) in [6, 6.07) is 8.69. The Labute approximate surface area is 178 Å². The minimum Gasteiger partial charge on any atom is -0.349 e. The number of nitrogens with one attached hydrogen (secondary N) is 1. The number of rotatable bonds is 5. The van der Waals surface area contributed by atoms with Gasteiger partial charge >= 0.3 is 0 Å². The number of carbonyl (C=O) groups is 2. The number of aryl methyl sites for hydroxylation is 2. The van der Waals surface area contributed by atoms with Gasteiger partial charge in [-0.1, -0.05) is 16.6 Å². The average Bonchev–Trinajstić information content (AvgIpc) is 3.33. The zero-order valence-electron chi connectivity index (χ0n) is 17.1. The quantitative estimate of drug-likeness (QED) is 0.648. The maximum Gasteiger partial charge on any atom is 0.280 e. The van der Waals surface area contributed by atoms with Gasteiger partial charge in [0.2, 0.25) is 5.91 Å². The number of carbonyl (C=O) groups excluding carboxylic acids is 2. The molecule has 0 aliphatic rings. The molecule has 0 saturated heterocycles. The molecule has 29 heavy (non-hydrogen) atoms. The van der Waals surface area contributed by atoms with Crippen molar-refractivity contribution in [2.45, 2.75) is 46.2 Å². The van der Waals surface area contributed by atoms with Crippen molar-refractivity contribution in [1.82, 2.24) is 14.9 Å². The molecule has 1 unspecified atom stereocenters. The molecule has 0 bridgehead atoms. The fourth-order valence-electron chi connectivity index (χ4n) is 2.90. The molecule has 2 amide bonds. The van der Waals surface area contributed by atoms with E-state index >= 15 is 0 Å². The van der Waals surface area contributed by atoms with Gasteiger partial charge in [-0.15, -0.1) is 16.4 Å². The summed E-state index contributed by atoms with van der Waals surface area (Å²) < 4.78 is 3.82. The largest absolute Gasteiger partial charge is 0.349 e. The predicted octanol–water partition coefficient (Wildman–Crippen LogP) is 4.52. The summed E-state index contributed by atoms with van der Waals surface area (Å²) in [5.74, 6) is -0.598. The first-order valence-corrected chi connectivity index (χ1v) is 10.9.